The predicted molar refractivity (Wildman–Crippen MR) is 88.8 cm³/mol. The second kappa shape index (κ2) is 7.11. The van der Waals surface area contributed by atoms with Gasteiger partial charge < -0.3 is 9.74 Å². The van der Waals surface area contributed by atoms with Crippen LogP contribution in [0, 0.1) is 11.2 Å². The molecule has 0 saturated carbocycles. The van der Waals surface area contributed by atoms with Crippen molar-refractivity contribution in [3.8, 4) is 0 Å². The average molecular weight is 320 g/mol. The van der Waals surface area contributed by atoms with Crippen molar-refractivity contribution < 1.29 is 14.0 Å². The van der Waals surface area contributed by atoms with Gasteiger partial charge in [-0.25, -0.2) is 4.39 Å². The molecule has 1 atom stereocenters. The number of hydrogen-bond acceptors (Lipinski definition) is 3. The fourth-order valence-corrected chi connectivity index (χ4v) is 2.58. The number of oxime groups is 1. The minimum Gasteiger partial charge on any atom is -0.390 e. The lowest BCUT2D eigenvalue weighted by Crippen LogP contribution is -2.39. The molecule has 0 bridgehead atoms. The Kier molecular flexibility index (Phi) is 5.39. The van der Waals surface area contributed by atoms with Gasteiger partial charge in [0.1, 0.15) is 5.82 Å². The van der Waals surface area contributed by atoms with E-state index in [0.717, 1.165) is 11.3 Å². The summed E-state index contributed by atoms with van der Waals surface area (Å²) in [7, 11) is 0. The monoisotopic (exact) mass is 320 g/mol. The third-order valence-electron chi connectivity index (χ3n) is 3.73. The molecule has 2 rings (SSSR count). The highest BCUT2D eigenvalue weighted by Crippen LogP contribution is 2.22. The van der Waals surface area contributed by atoms with E-state index in [0.29, 0.717) is 25.9 Å². The average Bonchev–Trinajstić information content (AvgIpc) is 2.91. The van der Waals surface area contributed by atoms with Crippen molar-refractivity contribution in [2.45, 2.75) is 46.6 Å². The lowest BCUT2D eigenvalue weighted by Gasteiger charge is -2.27. The fraction of sp³-hybridized carbons (Fsp3) is 0.556. The van der Waals surface area contributed by atoms with Gasteiger partial charge in [0.25, 0.3) is 0 Å². The molecule has 1 heterocycles. The summed E-state index contributed by atoms with van der Waals surface area (Å²) in [5.74, 6) is -0.160. The molecule has 0 N–H and O–H groups in total. The molecule has 1 aromatic rings. The number of nitrogens with zero attached hydrogens (tertiary/aromatic N) is 2. The van der Waals surface area contributed by atoms with Gasteiger partial charge in [-0.3, -0.25) is 4.79 Å². The van der Waals surface area contributed by atoms with Crippen LogP contribution in [-0.4, -0.2) is 35.7 Å². The van der Waals surface area contributed by atoms with Crippen molar-refractivity contribution in [3.63, 3.8) is 0 Å². The molecule has 1 aliphatic heterocycles. The van der Waals surface area contributed by atoms with Crippen molar-refractivity contribution in [2.75, 3.05) is 13.1 Å². The first kappa shape index (κ1) is 17.4. The normalized spacial score (nSPS) is 17.6. The first-order chi connectivity index (χ1) is 10.8. The largest absolute Gasteiger partial charge is 0.390 e. The first-order valence-electron chi connectivity index (χ1n) is 8.05. The Morgan fingerprint density at radius 1 is 1.43 bits per heavy atom. The maximum Gasteiger partial charge on any atom is 0.223 e. The van der Waals surface area contributed by atoms with Crippen molar-refractivity contribution in [1.29, 1.82) is 0 Å². The number of amides is 1. The molecule has 5 heteroatoms. The summed E-state index contributed by atoms with van der Waals surface area (Å²) < 4.78 is 13.3. The van der Waals surface area contributed by atoms with Gasteiger partial charge in [0.15, 0.2) is 6.10 Å². The number of benzene rings is 1. The summed E-state index contributed by atoms with van der Waals surface area (Å²) in [6, 6.07) is 6.33. The first-order valence-corrected chi connectivity index (χ1v) is 8.05. The van der Waals surface area contributed by atoms with E-state index in [1.165, 1.54) is 12.1 Å². The highest BCUT2D eigenvalue weighted by atomic mass is 19.1. The molecule has 4 nitrogen and oxygen atoms in total. The number of carbonyl (C=O) groups is 1. The Bertz CT molecular complexity index is 593. The van der Waals surface area contributed by atoms with Crippen LogP contribution in [0.1, 0.15) is 46.1 Å². The van der Waals surface area contributed by atoms with E-state index in [1.54, 1.807) is 11.0 Å². The lowest BCUT2D eigenvalue weighted by atomic mass is 9.91. The number of halogens is 1. The Morgan fingerprint density at radius 3 is 2.78 bits per heavy atom. The van der Waals surface area contributed by atoms with Gasteiger partial charge >= 0.3 is 0 Å². The SMILES string of the molecule is CCN(CC1CC(c2cccc(F)c2)=NO1)C(=O)CC(C)(C)C. The number of likely N-dealkylation sites (N-methyl/N-ethyl adjacent to an activating group) is 1. The summed E-state index contributed by atoms with van der Waals surface area (Å²) in [5, 5.41) is 4.06. The zero-order valence-electron chi connectivity index (χ0n) is 14.3. The van der Waals surface area contributed by atoms with Crippen LogP contribution in [0.5, 0.6) is 0 Å². The maximum atomic E-state index is 13.3. The molecule has 23 heavy (non-hydrogen) atoms. The lowest BCUT2D eigenvalue weighted by molar-refractivity contribution is -0.134. The minimum atomic E-state index is -0.288. The van der Waals surface area contributed by atoms with Crippen molar-refractivity contribution >= 4 is 11.6 Å². The van der Waals surface area contributed by atoms with Crippen LogP contribution in [0.25, 0.3) is 0 Å². The predicted octanol–water partition coefficient (Wildman–Crippen LogP) is 3.60. The molecule has 0 saturated heterocycles. The molecule has 126 valence electrons. The molecule has 1 amide bonds. The van der Waals surface area contributed by atoms with Crippen LogP contribution in [0.15, 0.2) is 29.4 Å². The molecule has 0 spiro atoms. The van der Waals surface area contributed by atoms with Crippen LogP contribution in [-0.2, 0) is 9.63 Å². The highest BCUT2D eigenvalue weighted by molar-refractivity contribution is 6.01. The molecule has 1 aromatic carbocycles. The maximum absolute atomic E-state index is 13.3. The highest BCUT2D eigenvalue weighted by Gasteiger charge is 2.27. The van der Waals surface area contributed by atoms with E-state index in [1.807, 2.05) is 13.0 Å². The molecule has 0 aliphatic carbocycles. The van der Waals surface area contributed by atoms with Gasteiger partial charge in [-0.05, 0) is 24.5 Å². The second-order valence-corrected chi connectivity index (χ2v) is 7.15. The third-order valence-corrected chi connectivity index (χ3v) is 3.73. The molecular weight excluding hydrogens is 295 g/mol. The summed E-state index contributed by atoms with van der Waals surface area (Å²) in [6.07, 6.45) is 0.922. The summed E-state index contributed by atoms with van der Waals surface area (Å²) in [4.78, 5) is 19.6. The zero-order chi connectivity index (χ0) is 17.0. The van der Waals surface area contributed by atoms with Gasteiger partial charge in [0.2, 0.25) is 5.91 Å². The van der Waals surface area contributed by atoms with Crippen LogP contribution in [0.3, 0.4) is 0 Å². The van der Waals surface area contributed by atoms with Crippen molar-refractivity contribution in [2.24, 2.45) is 10.6 Å². The Labute approximate surface area is 137 Å². The minimum absolute atomic E-state index is 0.0374. The van der Waals surface area contributed by atoms with Gasteiger partial charge in [0.05, 0.1) is 12.3 Å². The Morgan fingerprint density at radius 2 is 2.17 bits per heavy atom. The topological polar surface area (TPSA) is 41.9 Å². The van der Waals surface area contributed by atoms with Gasteiger partial charge in [-0.15, -0.1) is 0 Å². The number of carbonyl (C=O) groups excluding carboxylic acids is 1. The second-order valence-electron chi connectivity index (χ2n) is 7.15. The Hall–Kier alpha value is -1.91. The van der Waals surface area contributed by atoms with E-state index < -0.39 is 0 Å². The van der Waals surface area contributed by atoms with Crippen molar-refractivity contribution in [3.05, 3.63) is 35.6 Å². The smallest absolute Gasteiger partial charge is 0.223 e. The molecule has 1 aliphatic rings. The molecule has 0 aromatic heterocycles. The third kappa shape index (κ3) is 5.05. The van der Waals surface area contributed by atoms with Gasteiger partial charge in [-0.1, -0.05) is 38.1 Å². The number of rotatable bonds is 5. The van der Waals surface area contributed by atoms with Gasteiger partial charge in [0, 0.05) is 24.9 Å². The van der Waals surface area contributed by atoms with Crippen LogP contribution in [0.2, 0.25) is 0 Å². The molecular formula is C18H25FN2O2. The van der Waals surface area contributed by atoms with Crippen LogP contribution < -0.4 is 0 Å². The molecule has 0 radical (unpaired) electrons. The van der Waals surface area contributed by atoms with Gasteiger partial charge in [-0.2, -0.15) is 0 Å². The summed E-state index contributed by atoms with van der Waals surface area (Å²) in [6.45, 7) is 9.27. The quantitative estimate of drug-likeness (QED) is 0.832. The summed E-state index contributed by atoms with van der Waals surface area (Å²) in [5.41, 5.74) is 1.43. The van der Waals surface area contributed by atoms with Crippen LogP contribution in [0.4, 0.5) is 4.39 Å². The van der Waals surface area contributed by atoms with E-state index in [2.05, 4.69) is 25.9 Å². The van der Waals surface area contributed by atoms with E-state index in [4.69, 9.17) is 4.84 Å². The molecule has 0 fully saturated rings. The van der Waals surface area contributed by atoms with E-state index in [-0.39, 0.29) is 23.2 Å². The molecule has 1 unspecified atom stereocenters. The van der Waals surface area contributed by atoms with E-state index >= 15 is 0 Å². The van der Waals surface area contributed by atoms with E-state index in [9.17, 15) is 9.18 Å². The van der Waals surface area contributed by atoms with Crippen molar-refractivity contribution in [1.82, 2.24) is 4.90 Å². The number of hydrogen-bond donors (Lipinski definition) is 0. The standard InChI is InChI=1S/C18H25FN2O2/c1-5-21(17(22)11-18(2,3)4)12-15-10-16(20-23-15)13-7-6-8-14(19)9-13/h6-9,15H,5,10-12H2,1-4H3. The zero-order valence-corrected chi connectivity index (χ0v) is 14.3. The Balaban J connectivity index is 1.93. The fourth-order valence-electron chi connectivity index (χ4n) is 2.58. The van der Waals surface area contributed by atoms with Crippen LogP contribution >= 0.6 is 0 Å². The summed E-state index contributed by atoms with van der Waals surface area (Å²) >= 11 is 0.